The van der Waals surface area contributed by atoms with E-state index in [1.807, 2.05) is 0 Å². The summed E-state index contributed by atoms with van der Waals surface area (Å²) in [6, 6.07) is 0. The topological polar surface area (TPSA) is 52.6 Å². The number of rotatable bonds is 36. The Kier molecular flexibility index (Phi) is 36.4. The molecule has 0 radical (unpaired) electrons. The van der Waals surface area contributed by atoms with Gasteiger partial charge in [0, 0.05) is 12.8 Å². The first kappa shape index (κ1) is 43.4. The first-order valence-electron chi connectivity index (χ1n) is 19.5. The summed E-state index contributed by atoms with van der Waals surface area (Å²) in [4.78, 5) is 23.9. The van der Waals surface area contributed by atoms with Crippen LogP contribution in [0.5, 0.6) is 0 Å². The highest BCUT2D eigenvalue weighted by Gasteiger charge is 2.12. The fourth-order valence-electron chi connectivity index (χ4n) is 5.84. The van der Waals surface area contributed by atoms with Gasteiger partial charge in [-0.25, -0.2) is 0 Å². The summed E-state index contributed by atoms with van der Waals surface area (Å²) in [5.41, 5.74) is 0. The minimum Gasteiger partial charge on any atom is -0.464 e. The van der Waals surface area contributed by atoms with Crippen molar-refractivity contribution in [3.63, 3.8) is 0 Å². The third kappa shape index (κ3) is 35.9. The van der Waals surface area contributed by atoms with Gasteiger partial charge in [-0.2, -0.15) is 0 Å². The third-order valence-electron chi connectivity index (χ3n) is 8.82. The van der Waals surface area contributed by atoms with Gasteiger partial charge >= 0.3 is 11.9 Å². The lowest BCUT2D eigenvalue weighted by atomic mass is 10.0. The molecule has 0 aliphatic rings. The van der Waals surface area contributed by atoms with Crippen molar-refractivity contribution in [2.45, 2.75) is 224 Å². The molecule has 0 aromatic rings. The lowest BCUT2D eigenvalue weighted by Crippen LogP contribution is -2.20. The van der Waals surface area contributed by atoms with Gasteiger partial charge in [0.25, 0.3) is 0 Å². The minimum absolute atomic E-state index is 0.141. The number of ether oxygens (including phenoxy) is 2. The van der Waals surface area contributed by atoms with Crippen molar-refractivity contribution in [2.75, 3.05) is 13.2 Å². The summed E-state index contributed by atoms with van der Waals surface area (Å²) < 4.78 is 10.7. The Labute approximate surface area is 283 Å². The van der Waals surface area contributed by atoms with Crippen LogP contribution in [0.4, 0.5) is 0 Å². The van der Waals surface area contributed by atoms with E-state index in [1.165, 1.54) is 167 Å². The molecule has 0 spiro atoms. The van der Waals surface area contributed by atoms with Crippen LogP contribution in [0.3, 0.4) is 0 Å². The van der Waals surface area contributed by atoms with Gasteiger partial charge in [-0.1, -0.05) is 210 Å². The van der Waals surface area contributed by atoms with E-state index >= 15 is 0 Å². The maximum atomic E-state index is 12.0. The van der Waals surface area contributed by atoms with Gasteiger partial charge in [-0.15, -0.1) is 0 Å². The molecule has 0 bridgehead atoms. The largest absolute Gasteiger partial charge is 0.464 e. The first-order chi connectivity index (χ1) is 21.6. The second kappa shape index (κ2) is 36.9. The van der Waals surface area contributed by atoms with Crippen LogP contribution >= 0.6 is 15.9 Å². The highest BCUT2D eigenvalue weighted by Crippen LogP contribution is 2.16. The number of hydrogen-bond acceptors (Lipinski definition) is 4. The lowest BCUT2D eigenvalue weighted by Gasteiger charge is -2.11. The number of halogens is 1. The van der Waals surface area contributed by atoms with E-state index in [2.05, 4.69) is 29.8 Å². The molecular formula is C39H75BrO4. The second-order valence-electron chi connectivity index (χ2n) is 13.4. The van der Waals surface area contributed by atoms with Gasteiger partial charge in [-0.3, -0.25) is 9.59 Å². The Morgan fingerprint density at radius 3 is 0.818 bits per heavy atom. The van der Waals surface area contributed by atoms with Crippen LogP contribution < -0.4 is 0 Å². The smallest absolute Gasteiger partial charge is 0.305 e. The van der Waals surface area contributed by atoms with Crippen molar-refractivity contribution >= 4 is 27.9 Å². The Hall–Kier alpha value is -0.580. The molecule has 0 unspecified atom stereocenters. The molecule has 262 valence electrons. The predicted molar refractivity (Wildman–Crippen MR) is 194 cm³/mol. The van der Waals surface area contributed by atoms with Crippen molar-refractivity contribution in [1.29, 1.82) is 0 Å². The van der Waals surface area contributed by atoms with Crippen LogP contribution in [0.2, 0.25) is 0 Å². The van der Waals surface area contributed by atoms with E-state index in [-0.39, 0.29) is 30.0 Å². The molecule has 44 heavy (non-hydrogen) atoms. The zero-order valence-corrected chi connectivity index (χ0v) is 31.2. The fraction of sp³-hybridized carbons (Fsp3) is 0.949. The molecule has 0 rings (SSSR count). The second-order valence-corrected chi connectivity index (χ2v) is 14.7. The molecular weight excluding hydrogens is 612 g/mol. The number of carbonyl (C=O) groups is 2. The molecule has 4 nitrogen and oxygen atoms in total. The molecule has 5 heteroatoms. The van der Waals surface area contributed by atoms with Gasteiger partial charge in [0.05, 0.1) is 4.83 Å². The van der Waals surface area contributed by atoms with Crippen molar-refractivity contribution in [2.24, 2.45) is 0 Å². The normalized spacial score (nSPS) is 11.4. The molecule has 0 heterocycles. The summed E-state index contributed by atoms with van der Waals surface area (Å²) in [5, 5.41) is 0. The van der Waals surface area contributed by atoms with E-state index in [4.69, 9.17) is 9.47 Å². The SMILES string of the molecule is CCCCCCCCCCCCCCCCCC(=O)OCC(Br)COC(=O)CCCCCCCCCCCCCCCCC. The van der Waals surface area contributed by atoms with Gasteiger partial charge < -0.3 is 9.47 Å². The van der Waals surface area contributed by atoms with E-state index in [9.17, 15) is 9.59 Å². The van der Waals surface area contributed by atoms with E-state index in [0.717, 1.165) is 25.7 Å². The van der Waals surface area contributed by atoms with Crippen LogP contribution in [0, 0.1) is 0 Å². The summed E-state index contributed by atoms with van der Waals surface area (Å²) in [5.74, 6) is -0.290. The monoisotopic (exact) mass is 686 g/mol. The maximum absolute atomic E-state index is 12.0. The standard InChI is InChI=1S/C39H75BrO4/c1-3-5-7-9-11-13-15-17-19-21-23-25-27-29-31-33-38(41)43-35-37(40)36-44-39(42)34-32-30-28-26-24-22-20-18-16-14-12-10-8-6-4-2/h37H,3-36H2,1-2H3. The number of carbonyl (C=O) groups excluding carboxylic acids is 2. The van der Waals surface area contributed by atoms with Gasteiger partial charge in [0.1, 0.15) is 13.2 Å². The summed E-state index contributed by atoms with van der Waals surface area (Å²) in [7, 11) is 0. The number of hydrogen-bond donors (Lipinski definition) is 0. The van der Waals surface area contributed by atoms with Crippen molar-refractivity contribution in [3.05, 3.63) is 0 Å². The highest BCUT2D eigenvalue weighted by atomic mass is 79.9. The molecule has 0 aliphatic carbocycles. The molecule has 0 aliphatic heterocycles. The summed E-state index contributed by atoms with van der Waals surface area (Å²) in [6.07, 6.45) is 40.5. The molecule has 0 N–H and O–H groups in total. The van der Waals surface area contributed by atoms with Crippen LogP contribution in [0.15, 0.2) is 0 Å². The van der Waals surface area contributed by atoms with E-state index < -0.39 is 0 Å². The van der Waals surface area contributed by atoms with Crippen molar-refractivity contribution in [1.82, 2.24) is 0 Å². The van der Waals surface area contributed by atoms with Crippen molar-refractivity contribution < 1.29 is 19.1 Å². The van der Waals surface area contributed by atoms with Crippen LogP contribution in [0.25, 0.3) is 0 Å². The third-order valence-corrected chi connectivity index (χ3v) is 9.35. The Bertz CT molecular complexity index is 547. The van der Waals surface area contributed by atoms with Crippen molar-refractivity contribution in [3.8, 4) is 0 Å². The fourth-order valence-corrected chi connectivity index (χ4v) is 6.10. The molecule has 0 aromatic heterocycles. The molecule has 0 saturated carbocycles. The van der Waals surface area contributed by atoms with Gasteiger partial charge in [0.15, 0.2) is 0 Å². The predicted octanol–water partition coefficient (Wildman–Crippen LogP) is 13.4. The maximum Gasteiger partial charge on any atom is 0.305 e. The number of unbranched alkanes of at least 4 members (excludes halogenated alkanes) is 28. The average Bonchev–Trinajstić information content (AvgIpc) is 3.02. The Morgan fingerprint density at radius 1 is 0.386 bits per heavy atom. The summed E-state index contributed by atoms with van der Waals surface area (Å²) >= 11 is 3.48. The lowest BCUT2D eigenvalue weighted by molar-refractivity contribution is -0.145. The van der Waals surface area contributed by atoms with Gasteiger partial charge in [0.2, 0.25) is 0 Å². The number of alkyl halides is 1. The van der Waals surface area contributed by atoms with E-state index in [1.54, 1.807) is 0 Å². The molecule has 0 aromatic carbocycles. The average molecular weight is 688 g/mol. The van der Waals surface area contributed by atoms with E-state index in [0.29, 0.717) is 12.8 Å². The zero-order valence-electron chi connectivity index (χ0n) is 29.6. The van der Waals surface area contributed by atoms with Crippen LogP contribution in [-0.2, 0) is 19.1 Å². The van der Waals surface area contributed by atoms with Gasteiger partial charge in [-0.05, 0) is 12.8 Å². The highest BCUT2D eigenvalue weighted by molar-refractivity contribution is 9.09. The zero-order chi connectivity index (χ0) is 32.2. The molecule has 0 amide bonds. The quantitative estimate of drug-likeness (QED) is 0.0374. The number of esters is 2. The minimum atomic E-state index is -0.145. The Balaban J connectivity index is 3.37. The molecule has 0 fully saturated rings. The Morgan fingerprint density at radius 2 is 0.591 bits per heavy atom. The molecule has 0 atom stereocenters. The molecule has 0 saturated heterocycles. The summed E-state index contributed by atoms with van der Waals surface area (Å²) in [6.45, 7) is 5.06. The van der Waals surface area contributed by atoms with Crippen LogP contribution in [0.1, 0.15) is 219 Å². The van der Waals surface area contributed by atoms with Crippen LogP contribution in [-0.4, -0.2) is 30.0 Å². The first-order valence-corrected chi connectivity index (χ1v) is 20.5.